The normalized spacial score (nSPS) is 11.2. The number of phenols is 2. The molecule has 5 heteroatoms. The van der Waals surface area contributed by atoms with Crippen molar-refractivity contribution in [2.75, 3.05) is 7.11 Å². The van der Waals surface area contributed by atoms with E-state index in [0.717, 1.165) is 17.4 Å². The fourth-order valence-electron chi connectivity index (χ4n) is 2.77. The average molecular weight is 326 g/mol. The first-order valence-corrected chi connectivity index (χ1v) is 7.58. The van der Waals surface area contributed by atoms with Gasteiger partial charge in [-0.15, -0.1) is 0 Å². The summed E-state index contributed by atoms with van der Waals surface area (Å²) in [4.78, 5) is 12.8. The molecule has 1 heterocycles. The van der Waals surface area contributed by atoms with Crippen LogP contribution in [-0.2, 0) is 0 Å². The zero-order valence-corrected chi connectivity index (χ0v) is 13.7. The standard InChI is InChI=1S/C19H18O5/c1-10(2)13-6-11(4-5-16(13)23-3)14-9-24-17-8-12(20)7-15(21)18(17)19(14)22/h4-10,20-21H,1-3H3. The Labute approximate surface area is 138 Å². The van der Waals surface area contributed by atoms with E-state index in [4.69, 9.17) is 9.15 Å². The molecule has 0 aliphatic heterocycles. The lowest BCUT2D eigenvalue weighted by Gasteiger charge is -2.13. The number of hydrogen-bond acceptors (Lipinski definition) is 5. The lowest BCUT2D eigenvalue weighted by Crippen LogP contribution is -2.06. The largest absolute Gasteiger partial charge is 0.508 e. The van der Waals surface area contributed by atoms with Crippen molar-refractivity contribution in [2.24, 2.45) is 0 Å². The molecule has 3 rings (SSSR count). The number of fused-ring (bicyclic) bond motifs is 1. The first-order valence-electron chi connectivity index (χ1n) is 7.58. The van der Waals surface area contributed by atoms with Crippen molar-refractivity contribution in [3.8, 4) is 28.4 Å². The molecular formula is C19H18O5. The minimum absolute atomic E-state index is 0.0483. The highest BCUT2D eigenvalue weighted by atomic mass is 16.5. The van der Waals surface area contributed by atoms with E-state index in [1.54, 1.807) is 13.2 Å². The second-order valence-corrected chi connectivity index (χ2v) is 5.93. The van der Waals surface area contributed by atoms with Crippen LogP contribution < -0.4 is 10.2 Å². The zero-order chi connectivity index (χ0) is 17.4. The third-order valence-corrected chi connectivity index (χ3v) is 4.00. The third kappa shape index (κ3) is 2.58. The molecule has 2 N–H and O–H groups in total. The number of ether oxygens (including phenoxy) is 1. The number of methoxy groups -OCH3 is 1. The van der Waals surface area contributed by atoms with E-state index in [1.165, 1.54) is 12.3 Å². The van der Waals surface area contributed by atoms with Crippen molar-refractivity contribution >= 4 is 11.0 Å². The second-order valence-electron chi connectivity index (χ2n) is 5.93. The predicted molar refractivity (Wildman–Crippen MR) is 91.9 cm³/mol. The Morgan fingerprint density at radius 2 is 1.88 bits per heavy atom. The topological polar surface area (TPSA) is 79.9 Å². The van der Waals surface area contributed by atoms with Gasteiger partial charge in [0, 0.05) is 12.1 Å². The molecule has 0 saturated heterocycles. The van der Waals surface area contributed by atoms with Crippen LogP contribution in [0.3, 0.4) is 0 Å². The molecule has 0 saturated carbocycles. The van der Waals surface area contributed by atoms with Crippen LogP contribution in [-0.4, -0.2) is 17.3 Å². The van der Waals surface area contributed by atoms with Crippen molar-refractivity contribution in [3.63, 3.8) is 0 Å². The Morgan fingerprint density at radius 3 is 2.54 bits per heavy atom. The molecule has 24 heavy (non-hydrogen) atoms. The van der Waals surface area contributed by atoms with Crippen LogP contribution in [0, 0.1) is 0 Å². The summed E-state index contributed by atoms with van der Waals surface area (Å²) in [6, 6.07) is 7.90. The molecule has 0 fully saturated rings. The molecule has 0 radical (unpaired) electrons. The van der Waals surface area contributed by atoms with Crippen molar-refractivity contribution in [3.05, 3.63) is 52.4 Å². The Bertz CT molecular complexity index is 969. The van der Waals surface area contributed by atoms with E-state index in [0.29, 0.717) is 11.1 Å². The summed E-state index contributed by atoms with van der Waals surface area (Å²) in [6.45, 7) is 4.08. The van der Waals surface area contributed by atoms with E-state index in [9.17, 15) is 15.0 Å². The first kappa shape index (κ1) is 15.9. The van der Waals surface area contributed by atoms with E-state index in [1.807, 2.05) is 26.0 Å². The highest BCUT2D eigenvalue weighted by Crippen LogP contribution is 2.33. The summed E-state index contributed by atoms with van der Waals surface area (Å²) in [5, 5.41) is 19.5. The molecule has 0 bridgehead atoms. The second kappa shape index (κ2) is 5.92. The van der Waals surface area contributed by atoms with Crippen molar-refractivity contribution in [1.29, 1.82) is 0 Å². The first-order chi connectivity index (χ1) is 11.4. The Hall–Kier alpha value is -2.95. The maximum atomic E-state index is 12.8. The monoisotopic (exact) mass is 326 g/mol. The molecule has 124 valence electrons. The van der Waals surface area contributed by atoms with Crippen molar-refractivity contribution in [1.82, 2.24) is 0 Å². The van der Waals surface area contributed by atoms with Crippen molar-refractivity contribution in [2.45, 2.75) is 19.8 Å². The molecule has 0 amide bonds. The molecule has 0 aliphatic rings. The summed E-state index contributed by atoms with van der Waals surface area (Å²) in [5.74, 6) is 0.505. The number of benzene rings is 2. The van der Waals surface area contributed by atoms with Crippen LogP contribution in [0.15, 0.2) is 45.8 Å². The third-order valence-electron chi connectivity index (χ3n) is 4.00. The minimum Gasteiger partial charge on any atom is -0.508 e. The number of hydrogen-bond donors (Lipinski definition) is 2. The van der Waals surface area contributed by atoms with Crippen molar-refractivity contribution < 1.29 is 19.4 Å². The van der Waals surface area contributed by atoms with Gasteiger partial charge in [0.2, 0.25) is 5.43 Å². The van der Waals surface area contributed by atoms with Gasteiger partial charge < -0.3 is 19.4 Å². The van der Waals surface area contributed by atoms with Crippen LogP contribution in [0.2, 0.25) is 0 Å². The van der Waals surface area contributed by atoms with Crippen LogP contribution in [0.1, 0.15) is 25.3 Å². The minimum atomic E-state index is -0.353. The SMILES string of the molecule is COc1ccc(-c2coc3cc(O)cc(O)c3c2=O)cc1C(C)C. The summed E-state index contributed by atoms with van der Waals surface area (Å²) in [5.41, 5.74) is 1.78. The van der Waals surface area contributed by atoms with E-state index < -0.39 is 0 Å². The number of rotatable bonds is 3. The lowest BCUT2D eigenvalue weighted by molar-refractivity contribution is 0.407. The van der Waals surface area contributed by atoms with E-state index >= 15 is 0 Å². The Balaban J connectivity index is 2.26. The van der Waals surface area contributed by atoms with Crippen LogP contribution >= 0.6 is 0 Å². The summed E-state index contributed by atoms with van der Waals surface area (Å²) in [7, 11) is 1.61. The maximum Gasteiger partial charge on any atom is 0.204 e. The summed E-state index contributed by atoms with van der Waals surface area (Å²) in [6.07, 6.45) is 1.34. The van der Waals surface area contributed by atoms with Gasteiger partial charge in [0.05, 0.1) is 12.7 Å². The maximum absolute atomic E-state index is 12.8. The fourth-order valence-corrected chi connectivity index (χ4v) is 2.77. The van der Waals surface area contributed by atoms with Gasteiger partial charge in [0.25, 0.3) is 0 Å². The summed E-state index contributed by atoms with van der Waals surface area (Å²) >= 11 is 0. The molecule has 2 aromatic carbocycles. The van der Waals surface area contributed by atoms with Gasteiger partial charge in [0.15, 0.2) is 0 Å². The molecule has 0 unspecified atom stereocenters. The van der Waals surface area contributed by atoms with Crippen LogP contribution in [0.5, 0.6) is 17.2 Å². The quantitative estimate of drug-likeness (QED) is 0.760. The van der Waals surface area contributed by atoms with Crippen LogP contribution in [0.4, 0.5) is 0 Å². The van der Waals surface area contributed by atoms with Gasteiger partial charge in [-0.2, -0.15) is 0 Å². The predicted octanol–water partition coefficient (Wildman–Crippen LogP) is 4.00. The highest BCUT2D eigenvalue weighted by Gasteiger charge is 2.16. The van der Waals surface area contributed by atoms with Gasteiger partial charge in [0.1, 0.15) is 34.5 Å². The molecule has 0 atom stereocenters. The van der Waals surface area contributed by atoms with Gasteiger partial charge >= 0.3 is 0 Å². The van der Waals surface area contributed by atoms with Gasteiger partial charge in [-0.1, -0.05) is 19.9 Å². The molecule has 3 aromatic rings. The van der Waals surface area contributed by atoms with E-state index in [2.05, 4.69) is 0 Å². The lowest BCUT2D eigenvalue weighted by atomic mass is 9.96. The van der Waals surface area contributed by atoms with Gasteiger partial charge in [-0.05, 0) is 29.2 Å². The average Bonchev–Trinajstić information content (AvgIpc) is 2.53. The molecular weight excluding hydrogens is 308 g/mol. The fraction of sp³-hybridized carbons (Fsp3) is 0.211. The van der Waals surface area contributed by atoms with E-state index in [-0.39, 0.29) is 33.8 Å². The molecule has 1 aromatic heterocycles. The molecule has 0 spiro atoms. The van der Waals surface area contributed by atoms with Crippen LogP contribution in [0.25, 0.3) is 22.1 Å². The summed E-state index contributed by atoms with van der Waals surface area (Å²) < 4.78 is 10.8. The smallest absolute Gasteiger partial charge is 0.204 e. The molecule has 0 aliphatic carbocycles. The number of phenolic OH excluding ortho intramolecular Hbond substituents is 2. The highest BCUT2D eigenvalue weighted by molar-refractivity contribution is 5.88. The zero-order valence-electron chi connectivity index (χ0n) is 13.7. The van der Waals surface area contributed by atoms with Gasteiger partial charge in [-0.25, -0.2) is 0 Å². The Kier molecular flexibility index (Phi) is 3.93. The van der Waals surface area contributed by atoms with Gasteiger partial charge in [-0.3, -0.25) is 4.79 Å². The molecule has 5 nitrogen and oxygen atoms in total. The Morgan fingerprint density at radius 1 is 1.12 bits per heavy atom. The number of aromatic hydroxyl groups is 2.